The summed E-state index contributed by atoms with van der Waals surface area (Å²) in [4.78, 5) is 0. The van der Waals surface area contributed by atoms with Gasteiger partial charge in [-0.3, -0.25) is 0 Å². The zero-order valence-electron chi connectivity index (χ0n) is 10.9. The third kappa shape index (κ3) is 3.89. The maximum Gasteiger partial charge on any atom is 0.0809 e. The van der Waals surface area contributed by atoms with Gasteiger partial charge in [0.25, 0.3) is 0 Å². The first-order valence-corrected chi connectivity index (χ1v) is 5.78. The Morgan fingerprint density at radius 2 is 1.88 bits per heavy atom. The lowest BCUT2D eigenvalue weighted by Gasteiger charge is -2.21. The molecule has 0 radical (unpaired) electrons. The third-order valence-corrected chi connectivity index (χ3v) is 2.67. The molecule has 0 saturated carbocycles. The van der Waals surface area contributed by atoms with E-state index in [9.17, 15) is 5.11 Å². The predicted octanol–water partition coefficient (Wildman–Crippen LogP) is 2.95. The Morgan fingerprint density at radius 3 is 2.44 bits per heavy atom. The molecule has 16 heavy (non-hydrogen) atoms. The third-order valence-electron chi connectivity index (χ3n) is 2.67. The van der Waals surface area contributed by atoms with Crippen molar-refractivity contribution < 1.29 is 5.11 Å². The molecule has 1 atom stereocenters. The smallest absolute Gasteiger partial charge is 0.0809 e. The standard InChI is InChI=1S/C13H22N2O/c1-9-8-11(10(2)15-14-9)12(16)6-7-13(3,4)5/h8,12,16H,6-7H2,1-5H3. The van der Waals surface area contributed by atoms with Crippen molar-refractivity contribution in [2.24, 2.45) is 5.41 Å². The van der Waals surface area contributed by atoms with Gasteiger partial charge in [0.2, 0.25) is 0 Å². The van der Waals surface area contributed by atoms with Crippen molar-refractivity contribution in [3.63, 3.8) is 0 Å². The molecule has 3 heteroatoms. The summed E-state index contributed by atoms with van der Waals surface area (Å²) in [5.41, 5.74) is 2.85. The van der Waals surface area contributed by atoms with Gasteiger partial charge < -0.3 is 5.11 Å². The van der Waals surface area contributed by atoms with Gasteiger partial charge in [0.15, 0.2) is 0 Å². The van der Waals surface area contributed by atoms with Crippen LogP contribution in [0, 0.1) is 19.3 Å². The number of aromatic nitrogens is 2. The fraction of sp³-hybridized carbons (Fsp3) is 0.692. The van der Waals surface area contributed by atoms with E-state index in [2.05, 4.69) is 31.0 Å². The minimum absolute atomic E-state index is 0.254. The van der Waals surface area contributed by atoms with Crippen molar-refractivity contribution in [2.75, 3.05) is 0 Å². The zero-order valence-corrected chi connectivity index (χ0v) is 10.9. The van der Waals surface area contributed by atoms with E-state index in [1.54, 1.807) is 0 Å². The molecule has 0 aliphatic rings. The van der Waals surface area contributed by atoms with Crippen molar-refractivity contribution in [3.05, 3.63) is 23.0 Å². The number of nitrogens with zero attached hydrogens (tertiary/aromatic N) is 2. The van der Waals surface area contributed by atoms with Crippen LogP contribution in [0.4, 0.5) is 0 Å². The summed E-state index contributed by atoms with van der Waals surface area (Å²) in [6, 6.07) is 1.93. The molecule has 0 amide bonds. The maximum atomic E-state index is 10.1. The van der Waals surface area contributed by atoms with Crippen LogP contribution in [0.3, 0.4) is 0 Å². The average Bonchev–Trinajstić information content (AvgIpc) is 2.17. The Hall–Kier alpha value is -0.960. The molecule has 1 aromatic rings. The first-order chi connectivity index (χ1) is 7.29. The lowest BCUT2D eigenvalue weighted by Crippen LogP contribution is -2.10. The van der Waals surface area contributed by atoms with E-state index in [-0.39, 0.29) is 5.41 Å². The van der Waals surface area contributed by atoms with Gasteiger partial charge in [0, 0.05) is 5.56 Å². The van der Waals surface area contributed by atoms with E-state index >= 15 is 0 Å². The second kappa shape index (κ2) is 4.91. The van der Waals surface area contributed by atoms with Crippen LogP contribution >= 0.6 is 0 Å². The summed E-state index contributed by atoms with van der Waals surface area (Å²) < 4.78 is 0. The minimum Gasteiger partial charge on any atom is -0.388 e. The van der Waals surface area contributed by atoms with Gasteiger partial charge >= 0.3 is 0 Å². The van der Waals surface area contributed by atoms with Crippen LogP contribution < -0.4 is 0 Å². The molecule has 3 nitrogen and oxygen atoms in total. The topological polar surface area (TPSA) is 46.0 Å². The number of rotatable bonds is 3. The first-order valence-electron chi connectivity index (χ1n) is 5.78. The highest BCUT2D eigenvalue weighted by atomic mass is 16.3. The molecule has 0 aliphatic carbocycles. The molecule has 0 fully saturated rings. The number of aliphatic hydroxyl groups is 1. The number of aryl methyl sites for hydroxylation is 2. The SMILES string of the molecule is Cc1cc(C(O)CCC(C)(C)C)c(C)nn1. The van der Waals surface area contributed by atoms with Gasteiger partial charge in [0.1, 0.15) is 0 Å². The van der Waals surface area contributed by atoms with E-state index < -0.39 is 6.10 Å². The van der Waals surface area contributed by atoms with Gasteiger partial charge in [-0.25, -0.2) is 0 Å². The summed E-state index contributed by atoms with van der Waals surface area (Å²) in [5, 5.41) is 18.1. The van der Waals surface area contributed by atoms with Gasteiger partial charge in [0.05, 0.1) is 17.5 Å². The van der Waals surface area contributed by atoms with Gasteiger partial charge in [-0.05, 0) is 38.2 Å². The second-order valence-electron chi connectivity index (χ2n) is 5.64. The number of hydrogen-bond acceptors (Lipinski definition) is 3. The maximum absolute atomic E-state index is 10.1. The summed E-state index contributed by atoms with van der Waals surface area (Å²) in [7, 11) is 0. The van der Waals surface area contributed by atoms with E-state index in [1.807, 2.05) is 19.9 Å². The van der Waals surface area contributed by atoms with E-state index in [0.29, 0.717) is 0 Å². The van der Waals surface area contributed by atoms with E-state index in [4.69, 9.17) is 0 Å². The van der Waals surface area contributed by atoms with Crippen LogP contribution in [0.1, 0.15) is 56.7 Å². The Balaban J connectivity index is 2.73. The normalized spacial score (nSPS) is 13.9. The summed E-state index contributed by atoms with van der Waals surface area (Å²) in [6.07, 6.45) is 1.35. The summed E-state index contributed by atoms with van der Waals surface area (Å²) in [5.74, 6) is 0. The fourth-order valence-corrected chi connectivity index (χ4v) is 1.63. The molecule has 1 rings (SSSR count). The fourth-order valence-electron chi connectivity index (χ4n) is 1.63. The van der Waals surface area contributed by atoms with Gasteiger partial charge in [-0.1, -0.05) is 20.8 Å². The van der Waals surface area contributed by atoms with Crippen LogP contribution in [-0.4, -0.2) is 15.3 Å². The molecule has 90 valence electrons. The molecule has 0 spiro atoms. The van der Waals surface area contributed by atoms with Crippen molar-refractivity contribution >= 4 is 0 Å². The molecule has 1 aromatic heterocycles. The Kier molecular flexibility index (Phi) is 4.03. The molecule has 0 saturated heterocycles. The molecule has 0 aliphatic heterocycles. The van der Waals surface area contributed by atoms with E-state index in [0.717, 1.165) is 29.8 Å². The molecular formula is C13H22N2O. The predicted molar refractivity (Wildman–Crippen MR) is 65.2 cm³/mol. The summed E-state index contributed by atoms with van der Waals surface area (Å²) >= 11 is 0. The van der Waals surface area contributed by atoms with Crippen molar-refractivity contribution in [1.29, 1.82) is 0 Å². The van der Waals surface area contributed by atoms with Crippen molar-refractivity contribution in [2.45, 2.75) is 53.6 Å². The molecule has 0 bridgehead atoms. The molecular weight excluding hydrogens is 200 g/mol. The van der Waals surface area contributed by atoms with Crippen LogP contribution in [-0.2, 0) is 0 Å². The Morgan fingerprint density at radius 1 is 1.25 bits per heavy atom. The highest BCUT2D eigenvalue weighted by Gasteiger charge is 2.17. The van der Waals surface area contributed by atoms with Crippen molar-refractivity contribution in [3.8, 4) is 0 Å². The lowest BCUT2D eigenvalue weighted by atomic mass is 9.88. The van der Waals surface area contributed by atoms with Crippen molar-refractivity contribution in [1.82, 2.24) is 10.2 Å². The molecule has 1 unspecified atom stereocenters. The van der Waals surface area contributed by atoms with Crippen LogP contribution in [0.25, 0.3) is 0 Å². The lowest BCUT2D eigenvalue weighted by molar-refractivity contribution is 0.146. The zero-order chi connectivity index (χ0) is 12.3. The van der Waals surface area contributed by atoms with Gasteiger partial charge in [-0.2, -0.15) is 10.2 Å². The molecule has 1 N–H and O–H groups in total. The first kappa shape index (κ1) is 13.1. The highest BCUT2D eigenvalue weighted by molar-refractivity contribution is 5.22. The van der Waals surface area contributed by atoms with Crippen LogP contribution in [0.15, 0.2) is 6.07 Å². The highest BCUT2D eigenvalue weighted by Crippen LogP contribution is 2.28. The Bertz CT molecular complexity index is 355. The second-order valence-corrected chi connectivity index (χ2v) is 5.64. The molecule has 1 heterocycles. The largest absolute Gasteiger partial charge is 0.388 e. The number of aliphatic hydroxyl groups excluding tert-OH is 1. The Labute approximate surface area is 97.9 Å². The number of hydrogen-bond donors (Lipinski definition) is 1. The average molecular weight is 222 g/mol. The van der Waals surface area contributed by atoms with Gasteiger partial charge in [-0.15, -0.1) is 0 Å². The monoisotopic (exact) mass is 222 g/mol. The summed E-state index contributed by atoms with van der Waals surface area (Å²) in [6.45, 7) is 10.3. The van der Waals surface area contributed by atoms with Crippen LogP contribution in [0.5, 0.6) is 0 Å². The quantitative estimate of drug-likeness (QED) is 0.855. The molecule has 0 aromatic carbocycles. The van der Waals surface area contributed by atoms with E-state index in [1.165, 1.54) is 0 Å². The minimum atomic E-state index is -0.423. The van der Waals surface area contributed by atoms with Crippen LogP contribution in [0.2, 0.25) is 0 Å².